The molecule has 3 heteroatoms. The third-order valence-corrected chi connectivity index (χ3v) is 2.79. The van der Waals surface area contributed by atoms with Gasteiger partial charge >= 0.3 is 5.97 Å². The van der Waals surface area contributed by atoms with Gasteiger partial charge in [0.25, 0.3) is 0 Å². The molecule has 1 atom stereocenters. The molecule has 0 fully saturated rings. The molecule has 0 radical (unpaired) electrons. The van der Waals surface area contributed by atoms with Crippen molar-refractivity contribution < 1.29 is 14.3 Å². The molecule has 0 amide bonds. The van der Waals surface area contributed by atoms with Gasteiger partial charge in [0.1, 0.15) is 5.75 Å². The van der Waals surface area contributed by atoms with Gasteiger partial charge in [-0.05, 0) is 24.1 Å². The van der Waals surface area contributed by atoms with Crippen LogP contribution >= 0.6 is 0 Å². The van der Waals surface area contributed by atoms with Crippen LogP contribution in [-0.2, 0) is 9.53 Å². The van der Waals surface area contributed by atoms with Crippen molar-refractivity contribution in [1.29, 1.82) is 0 Å². The van der Waals surface area contributed by atoms with Crippen LogP contribution in [0.1, 0.15) is 24.8 Å². The van der Waals surface area contributed by atoms with Crippen LogP contribution in [0.2, 0.25) is 0 Å². The monoisotopic (exact) mass is 234 g/mol. The second-order valence-electron chi connectivity index (χ2n) is 3.75. The summed E-state index contributed by atoms with van der Waals surface area (Å²) < 4.78 is 9.80. The molecule has 1 rings (SSSR count). The van der Waals surface area contributed by atoms with Crippen molar-refractivity contribution in [3.63, 3.8) is 0 Å². The van der Waals surface area contributed by atoms with E-state index in [-0.39, 0.29) is 11.9 Å². The van der Waals surface area contributed by atoms with E-state index in [1.54, 1.807) is 7.11 Å². The van der Waals surface area contributed by atoms with Crippen LogP contribution in [0.4, 0.5) is 0 Å². The predicted octanol–water partition coefficient (Wildman–Crippen LogP) is 2.92. The number of ether oxygens (including phenoxy) is 2. The maximum atomic E-state index is 11.5. The lowest BCUT2D eigenvalue weighted by molar-refractivity contribution is -0.136. The van der Waals surface area contributed by atoms with Gasteiger partial charge in [-0.3, -0.25) is 0 Å². The smallest absolute Gasteiger partial charge is 0.333 e. The van der Waals surface area contributed by atoms with Crippen LogP contribution in [0.3, 0.4) is 0 Å². The van der Waals surface area contributed by atoms with E-state index < -0.39 is 0 Å². The zero-order chi connectivity index (χ0) is 12.8. The topological polar surface area (TPSA) is 35.5 Å². The van der Waals surface area contributed by atoms with Crippen molar-refractivity contribution in [3.05, 3.63) is 42.0 Å². The molecule has 0 N–H and O–H groups in total. The van der Waals surface area contributed by atoms with E-state index in [2.05, 4.69) is 6.58 Å². The van der Waals surface area contributed by atoms with Crippen molar-refractivity contribution in [3.8, 4) is 5.75 Å². The fourth-order valence-electron chi connectivity index (χ4n) is 1.79. The molecule has 0 aliphatic heterocycles. The third kappa shape index (κ3) is 3.09. The number of carbonyl (C=O) groups excluding carboxylic acids is 1. The van der Waals surface area contributed by atoms with Crippen LogP contribution in [0.5, 0.6) is 5.75 Å². The first-order valence-electron chi connectivity index (χ1n) is 5.55. The zero-order valence-electron chi connectivity index (χ0n) is 10.5. The van der Waals surface area contributed by atoms with Gasteiger partial charge in [0.15, 0.2) is 0 Å². The number of methoxy groups -OCH3 is 2. The minimum absolute atomic E-state index is 0.00615. The van der Waals surface area contributed by atoms with Gasteiger partial charge in [-0.2, -0.15) is 0 Å². The van der Waals surface area contributed by atoms with E-state index in [1.165, 1.54) is 7.11 Å². The Hall–Kier alpha value is -1.77. The number of esters is 1. The van der Waals surface area contributed by atoms with Gasteiger partial charge in [-0.1, -0.05) is 25.6 Å². The van der Waals surface area contributed by atoms with E-state index >= 15 is 0 Å². The van der Waals surface area contributed by atoms with Crippen molar-refractivity contribution in [2.45, 2.75) is 19.3 Å². The summed E-state index contributed by atoms with van der Waals surface area (Å²) in [6.45, 7) is 5.83. The highest BCUT2D eigenvalue weighted by molar-refractivity contribution is 5.89. The van der Waals surface area contributed by atoms with Crippen LogP contribution in [0.15, 0.2) is 36.4 Å². The summed E-state index contributed by atoms with van der Waals surface area (Å²) in [5, 5.41) is 0. The van der Waals surface area contributed by atoms with Crippen molar-refractivity contribution in [2.75, 3.05) is 14.2 Å². The molecule has 0 heterocycles. The number of hydrogen-bond acceptors (Lipinski definition) is 3. The Bertz CT molecular complexity index is 392. The molecule has 1 unspecified atom stereocenters. The molecule has 0 spiro atoms. The molecule has 0 aliphatic rings. The van der Waals surface area contributed by atoms with Gasteiger partial charge in [0.05, 0.1) is 14.2 Å². The molecule has 1 aromatic rings. The highest BCUT2D eigenvalue weighted by Gasteiger charge is 2.19. The van der Waals surface area contributed by atoms with Gasteiger partial charge < -0.3 is 9.47 Å². The average molecular weight is 234 g/mol. The highest BCUT2D eigenvalue weighted by Crippen LogP contribution is 2.28. The summed E-state index contributed by atoms with van der Waals surface area (Å²) in [5.74, 6) is 0.438. The van der Waals surface area contributed by atoms with Crippen LogP contribution in [-0.4, -0.2) is 20.2 Å². The quantitative estimate of drug-likeness (QED) is 0.580. The Labute approximate surface area is 102 Å². The first-order valence-corrected chi connectivity index (χ1v) is 5.55. The number of carbonyl (C=O) groups is 1. The molecule has 0 aromatic heterocycles. The molecule has 1 aromatic carbocycles. The highest BCUT2D eigenvalue weighted by atomic mass is 16.5. The summed E-state index contributed by atoms with van der Waals surface area (Å²) in [6, 6.07) is 7.65. The summed E-state index contributed by atoms with van der Waals surface area (Å²) in [7, 11) is 2.99. The maximum Gasteiger partial charge on any atom is 0.333 e. The van der Waals surface area contributed by atoms with Gasteiger partial charge in [-0.25, -0.2) is 4.79 Å². The normalized spacial score (nSPS) is 11.7. The SMILES string of the molecule is C=C(C(=O)OC)C(CC)c1ccc(OC)cc1. The molecular formula is C14H18O3. The molecule has 0 bridgehead atoms. The summed E-state index contributed by atoms with van der Waals surface area (Å²) in [6.07, 6.45) is 0.806. The van der Waals surface area contributed by atoms with Gasteiger partial charge in [-0.15, -0.1) is 0 Å². The van der Waals surface area contributed by atoms with Crippen molar-refractivity contribution >= 4 is 5.97 Å². The lowest BCUT2D eigenvalue weighted by atomic mass is 9.90. The average Bonchev–Trinajstić information content (AvgIpc) is 2.39. The summed E-state index contributed by atoms with van der Waals surface area (Å²) >= 11 is 0. The number of hydrogen-bond donors (Lipinski definition) is 0. The number of benzene rings is 1. The Morgan fingerprint density at radius 2 is 1.88 bits per heavy atom. The summed E-state index contributed by atoms with van der Waals surface area (Å²) in [5.41, 5.74) is 1.53. The third-order valence-electron chi connectivity index (χ3n) is 2.79. The Morgan fingerprint density at radius 1 is 1.29 bits per heavy atom. The lowest BCUT2D eigenvalue weighted by Gasteiger charge is -2.16. The van der Waals surface area contributed by atoms with Crippen LogP contribution < -0.4 is 4.74 Å². The van der Waals surface area contributed by atoms with E-state index in [0.29, 0.717) is 5.57 Å². The molecule has 17 heavy (non-hydrogen) atoms. The minimum Gasteiger partial charge on any atom is -0.497 e. The molecule has 3 nitrogen and oxygen atoms in total. The largest absolute Gasteiger partial charge is 0.497 e. The molecule has 0 saturated heterocycles. The van der Waals surface area contributed by atoms with E-state index in [1.807, 2.05) is 31.2 Å². The van der Waals surface area contributed by atoms with Crippen LogP contribution in [0, 0.1) is 0 Å². The Kier molecular flexibility index (Phi) is 4.76. The number of rotatable bonds is 5. The Balaban J connectivity index is 2.93. The van der Waals surface area contributed by atoms with Gasteiger partial charge in [0.2, 0.25) is 0 Å². The first kappa shape index (κ1) is 13.3. The zero-order valence-corrected chi connectivity index (χ0v) is 10.5. The standard InChI is InChI=1S/C14H18O3/c1-5-13(10(2)14(15)17-4)11-6-8-12(16-3)9-7-11/h6-9,13H,2,5H2,1,3-4H3. The van der Waals surface area contributed by atoms with E-state index in [0.717, 1.165) is 17.7 Å². The van der Waals surface area contributed by atoms with Crippen molar-refractivity contribution in [1.82, 2.24) is 0 Å². The molecule has 0 aliphatic carbocycles. The molecule has 0 saturated carbocycles. The predicted molar refractivity (Wildman–Crippen MR) is 67.2 cm³/mol. The van der Waals surface area contributed by atoms with E-state index in [4.69, 9.17) is 9.47 Å². The fraction of sp³-hybridized carbons (Fsp3) is 0.357. The summed E-state index contributed by atoms with van der Waals surface area (Å²) in [4.78, 5) is 11.5. The Morgan fingerprint density at radius 3 is 2.29 bits per heavy atom. The fourth-order valence-corrected chi connectivity index (χ4v) is 1.79. The second kappa shape index (κ2) is 6.09. The van der Waals surface area contributed by atoms with Gasteiger partial charge in [0, 0.05) is 11.5 Å². The minimum atomic E-state index is -0.354. The molecule has 92 valence electrons. The first-order chi connectivity index (χ1) is 8.13. The lowest BCUT2D eigenvalue weighted by Crippen LogP contribution is -2.11. The second-order valence-corrected chi connectivity index (χ2v) is 3.75. The molecular weight excluding hydrogens is 216 g/mol. The van der Waals surface area contributed by atoms with Crippen molar-refractivity contribution in [2.24, 2.45) is 0 Å². The van der Waals surface area contributed by atoms with Crippen LogP contribution in [0.25, 0.3) is 0 Å². The van der Waals surface area contributed by atoms with E-state index in [9.17, 15) is 4.79 Å². The maximum absolute atomic E-state index is 11.5.